The van der Waals surface area contributed by atoms with Gasteiger partial charge in [-0.1, -0.05) is 23.9 Å². The van der Waals surface area contributed by atoms with E-state index in [4.69, 9.17) is 0 Å². The van der Waals surface area contributed by atoms with E-state index in [-0.39, 0.29) is 28.6 Å². The first-order valence-electron chi connectivity index (χ1n) is 8.37. The van der Waals surface area contributed by atoms with Crippen molar-refractivity contribution in [3.63, 3.8) is 0 Å². The lowest BCUT2D eigenvalue weighted by Gasteiger charge is -2.20. The van der Waals surface area contributed by atoms with Crippen LogP contribution >= 0.6 is 23.1 Å². The van der Waals surface area contributed by atoms with Crippen LogP contribution in [0.15, 0.2) is 34.2 Å². The topological polar surface area (TPSA) is 74.8 Å². The fourth-order valence-corrected chi connectivity index (χ4v) is 4.48. The van der Waals surface area contributed by atoms with Crippen molar-refractivity contribution in [2.24, 2.45) is 0 Å². The number of aryl methyl sites for hydroxylation is 1. The third-order valence-electron chi connectivity index (χ3n) is 3.70. The zero-order chi connectivity index (χ0) is 19.8. The number of hydrogen-bond acceptors (Lipinski definition) is 5. The maximum Gasteiger partial charge on any atom is 0.260 e. The Morgan fingerprint density at radius 3 is 2.59 bits per heavy atom. The molecule has 0 spiro atoms. The van der Waals surface area contributed by atoms with E-state index in [0.717, 1.165) is 16.0 Å². The van der Waals surface area contributed by atoms with Crippen molar-refractivity contribution in [2.75, 3.05) is 5.75 Å². The number of nitrogens with one attached hydrogen (secondary N) is 2. The molecule has 2 N–H and O–H groups in total. The first kappa shape index (κ1) is 19.6. The molecule has 2 heterocycles. The number of thioether (sulfide) groups is 1. The average Bonchev–Trinajstić information content (AvgIpc) is 2.89. The number of carbonyl (C=O) groups is 1. The zero-order valence-electron chi connectivity index (χ0n) is 15.5. The highest BCUT2D eigenvalue weighted by Gasteiger charge is 2.18. The van der Waals surface area contributed by atoms with E-state index in [1.807, 2.05) is 27.7 Å². The number of nitrogens with zero attached hydrogens (tertiary/aromatic N) is 1. The largest absolute Gasteiger partial charge is 0.351 e. The molecule has 0 aliphatic heterocycles. The zero-order valence-corrected chi connectivity index (χ0v) is 17.1. The fraction of sp³-hybridized carbons (Fsp3) is 0.316. The second kappa shape index (κ2) is 7.44. The molecular weight excluding hydrogens is 385 g/mol. The third-order valence-corrected chi connectivity index (χ3v) is 5.58. The summed E-state index contributed by atoms with van der Waals surface area (Å²) in [5.41, 5.74) is 0.975. The molecule has 0 saturated carbocycles. The number of thiophene rings is 1. The summed E-state index contributed by atoms with van der Waals surface area (Å²) in [6, 6.07) is 6.06. The summed E-state index contributed by atoms with van der Waals surface area (Å²) in [6.07, 6.45) is 0. The Labute approximate surface area is 164 Å². The predicted octanol–water partition coefficient (Wildman–Crippen LogP) is 4.11. The highest BCUT2D eigenvalue weighted by Crippen LogP contribution is 2.36. The van der Waals surface area contributed by atoms with Crippen molar-refractivity contribution in [1.82, 2.24) is 15.3 Å². The molecule has 0 aliphatic carbocycles. The molecule has 8 heteroatoms. The van der Waals surface area contributed by atoms with Crippen LogP contribution in [0.2, 0.25) is 0 Å². The fourth-order valence-electron chi connectivity index (χ4n) is 2.72. The molecule has 1 amide bonds. The van der Waals surface area contributed by atoms with Gasteiger partial charge in [-0.15, -0.1) is 11.3 Å². The van der Waals surface area contributed by atoms with Crippen LogP contribution in [0.5, 0.6) is 0 Å². The number of carbonyl (C=O) groups excluding carboxylic acids is 1. The number of hydrogen-bond donors (Lipinski definition) is 2. The van der Waals surface area contributed by atoms with Crippen LogP contribution in [0, 0.1) is 12.7 Å². The third kappa shape index (κ3) is 4.56. The van der Waals surface area contributed by atoms with E-state index in [0.29, 0.717) is 15.4 Å². The molecule has 2 aromatic heterocycles. The van der Waals surface area contributed by atoms with Crippen molar-refractivity contribution < 1.29 is 9.18 Å². The van der Waals surface area contributed by atoms with Gasteiger partial charge in [0.05, 0.1) is 11.1 Å². The van der Waals surface area contributed by atoms with E-state index in [9.17, 15) is 14.0 Å². The van der Waals surface area contributed by atoms with Crippen molar-refractivity contribution in [2.45, 2.75) is 38.4 Å². The molecule has 27 heavy (non-hydrogen) atoms. The molecule has 142 valence electrons. The van der Waals surface area contributed by atoms with Gasteiger partial charge in [-0.2, -0.15) is 0 Å². The number of benzene rings is 1. The summed E-state index contributed by atoms with van der Waals surface area (Å²) in [4.78, 5) is 33.4. The normalized spacial score (nSPS) is 11.7. The molecule has 0 aliphatic rings. The van der Waals surface area contributed by atoms with E-state index in [1.165, 1.54) is 35.2 Å². The second-order valence-corrected chi connectivity index (χ2v) is 9.35. The Morgan fingerprint density at radius 1 is 1.30 bits per heavy atom. The second-order valence-electron chi connectivity index (χ2n) is 7.18. The number of halogens is 1. The van der Waals surface area contributed by atoms with Crippen LogP contribution in [0.4, 0.5) is 4.39 Å². The van der Waals surface area contributed by atoms with Gasteiger partial charge in [-0.05, 0) is 45.4 Å². The number of aromatic nitrogens is 2. The van der Waals surface area contributed by atoms with Gasteiger partial charge < -0.3 is 10.3 Å². The molecule has 0 saturated heterocycles. The van der Waals surface area contributed by atoms with Gasteiger partial charge >= 0.3 is 0 Å². The molecule has 0 unspecified atom stereocenters. The van der Waals surface area contributed by atoms with E-state index < -0.39 is 0 Å². The summed E-state index contributed by atoms with van der Waals surface area (Å²) >= 11 is 2.60. The minimum atomic E-state index is -0.324. The van der Waals surface area contributed by atoms with Gasteiger partial charge in [0.2, 0.25) is 5.91 Å². The molecule has 0 atom stereocenters. The van der Waals surface area contributed by atoms with E-state index >= 15 is 0 Å². The van der Waals surface area contributed by atoms with Gasteiger partial charge in [0.1, 0.15) is 10.6 Å². The Kier molecular flexibility index (Phi) is 5.39. The minimum absolute atomic E-state index is 0.121. The number of amides is 1. The van der Waals surface area contributed by atoms with Crippen LogP contribution < -0.4 is 10.9 Å². The minimum Gasteiger partial charge on any atom is -0.351 e. The highest BCUT2D eigenvalue weighted by molar-refractivity contribution is 7.99. The monoisotopic (exact) mass is 405 g/mol. The van der Waals surface area contributed by atoms with Gasteiger partial charge in [0, 0.05) is 16.0 Å². The number of H-pyrrole nitrogens is 1. The average molecular weight is 406 g/mol. The Balaban J connectivity index is 1.91. The summed E-state index contributed by atoms with van der Waals surface area (Å²) in [5, 5.41) is 3.77. The van der Waals surface area contributed by atoms with Crippen LogP contribution in [0.1, 0.15) is 25.6 Å². The maximum atomic E-state index is 13.2. The summed E-state index contributed by atoms with van der Waals surface area (Å²) in [7, 11) is 0. The van der Waals surface area contributed by atoms with Crippen LogP contribution in [0.3, 0.4) is 0 Å². The Bertz CT molecular complexity index is 1050. The van der Waals surface area contributed by atoms with Crippen molar-refractivity contribution in [3.05, 3.63) is 45.3 Å². The first-order chi connectivity index (χ1) is 12.6. The van der Waals surface area contributed by atoms with E-state index in [2.05, 4.69) is 15.3 Å². The van der Waals surface area contributed by atoms with E-state index in [1.54, 1.807) is 12.1 Å². The van der Waals surface area contributed by atoms with Gasteiger partial charge in [0.25, 0.3) is 5.56 Å². The quantitative estimate of drug-likeness (QED) is 0.506. The molecule has 3 rings (SSSR count). The summed E-state index contributed by atoms with van der Waals surface area (Å²) in [6.45, 7) is 7.64. The standard InChI is InChI=1S/C19H20FN3O2S2/c1-10-14(11-5-7-12(20)8-6-11)15-16(25)21-18(22-17(15)27-10)26-9-13(24)23-19(2,3)4/h5-8H,9H2,1-4H3,(H,23,24)(H,21,22,25). The Hall–Kier alpha value is -2.19. The lowest BCUT2D eigenvalue weighted by Crippen LogP contribution is -2.41. The van der Waals surface area contributed by atoms with Crippen molar-refractivity contribution in [1.29, 1.82) is 0 Å². The lowest BCUT2D eigenvalue weighted by atomic mass is 10.0. The number of fused-ring (bicyclic) bond motifs is 1. The van der Waals surface area contributed by atoms with Gasteiger partial charge in [-0.25, -0.2) is 9.37 Å². The number of rotatable bonds is 4. The Morgan fingerprint density at radius 2 is 1.96 bits per heavy atom. The molecule has 3 aromatic rings. The van der Waals surface area contributed by atoms with Gasteiger partial charge in [0.15, 0.2) is 5.16 Å². The van der Waals surface area contributed by atoms with Crippen LogP contribution in [-0.4, -0.2) is 27.2 Å². The highest BCUT2D eigenvalue weighted by atomic mass is 32.2. The van der Waals surface area contributed by atoms with Gasteiger partial charge in [-0.3, -0.25) is 9.59 Å². The van der Waals surface area contributed by atoms with Crippen LogP contribution in [0.25, 0.3) is 21.3 Å². The smallest absolute Gasteiger partial charge is 0.260 e. The molecule has 1 aromatic carbocycles. The predicted molar refractivity (Wildman–Crippen MR) is 109 cm³/mol. The first-order valence-corrected chi connectivity index (χ1v) is 10.2. The summed E-state index contributed by atoms with van der Waals surface area (Å²) in [5.74, 6) is -0.277. The molecule has 0 radical (unpaired) electrons. The molecule has 0 fully saturated rings. The van der Waals surface area contributed by atoms with Crippen molar-refractivity contribution >= 4 is 39.2 Å². The van der Waals surface area contributed by atoms with Crippen LogP contribution in [-0.2, 0) is 4.79 Å². The summed E-state index contributed by atoms with van der Waals surface area (Å²) < 4.78 is 13.2. The van der Waals surface area contributed by atoms with Crippen molar-refractivity contribution in [3.8, 4) is 11.1 Å². The number of aromatic amines is 1. The maximum absolute atomic E-state index is 13.2. The molecule has 0 bridgehead atoms. The molecular formula is C19H20FN3O2S2. The lowest BCUT2D eigenvalue weighted by molar-refractivity contribution is -0.119. The molecule has 5 nitrogen and oxygen atoms in total. The SMILES string of the molecule is Cc1sc2nc(SCC(=O)NC(C)(C)C)[nH]c(=O)c2c1-c1ccc(F)cc1.